The predicted octanol–water partition coefficient (Wildman–Crippen LogP) is 1.22. The van der Waals surface area contributed by atoms with Crippen LogP contribution in [0.5, 0.6) is 0 Å². The van der Waals surface area contributed by atoms with E-state index in [4.69, 9.17) is 10.8 Å². The molecule has 1 fully saturated rings. The van der Waals surface area contributed by atoms with Crippen molar-refractivity contribution < 1.29 is 9.90 Å². The molecule has 0 saturated heterocycles. The SMILES string of the molecule is CCC(C)C1(C(=O)O)CC(N)C1. The van der Waals surface area contributed by atoms with E-state index in [0.717, 1.165) is 6.42 Å². The Balaban J connectivity index is 2.69. The molecule has 3 nitrogen and oxygen atoms in total. The number of hydrogen-bond acceptors (Lipinski definition) is 2. The molecule has 0 aromatic carbocycles. The van der Waals surface area contributed by atoms with E-state index in [1.165, 1.54) is 0 Å². The number of nitrogens with two attached hydrogens (primary N) is 1. The third-order valence-electron chi connectivity index (χ3n) is 3.23. The van der Waals surface area contributed by atoms with Gasteiger partial charge >= 0.3 is 5.97 Å². The van der Waals surface area contributed by atoms with Crippen molar-refractivity contribution in [1.82, 2.24) is 0 Å². The van der Waals surface area contributed by atoms with Gasteiger partial charge in [-0.25, -0.2) is 0 Å². The molecule has 1 rings (SSSR count). The Morgan fingerprint density at radius 1 is 1.75 bits per heavy atom. The minimum Gasteiger partial charge on any atom is -0.481 e. The number of carbonyl (C=O) groups is 1. The molecule has 0 radical (unpaired) electrons. The maximum atomic E-state index is 11.0. The minimum atomic E-state index is -0.668. The van der Waals surface area contributed by atoms with Gasteiger partial charge in [0.25, 0.3) is 0 Å². The lowest BCUT2D eigenvalue weighted by Crippen LogP contribution is -2.54. The molecule has 1 unspecified atom stereocenters. The summed E-state index contributed by atoms with van der Waals surface area (Å²) in [5.74, 6) is -0.423. The van der Waals surface area contributed by atoms with E-state index in [1.54, 1.807) is 0 Å². The maximum absolute atomic E-state index is 11.0. The quantitative estimate of drug-likeness (QED) is 0.671. The van der Waals surface area contributed by atoms with Crippen molar-refractivity contribution in [3.63, 3.8) is 0 Å². The standard InChI is InChI=1S/C9H17NO2/c1-3-6(2)9(8(11)12)4-7(10)5-9/h6-7H,3-5,10H2,1-2H3,(H,11,12). The van der Waals surface area contributed by atoms with E-state index in [0.29, 0.717) is 12.8 Å². The lowest BCUT2D eigenvalue weighted by atomic mass is 9.58. The smallest absolute Gasteiger partial charge is 0.310 e. The Labute approximate surface area is 72.9 Å². The summed E-state index contributed by atoms with van der Waals surface area (Å²) in [4.78, 5) is 11.0. The van der Waals surface area contributed by atoms with Gasteiger partial charge in [-0.1, -0.05) is 20.3 Å². The van der Waals surface area contributed by atoms with Crippen molar-refractivity contribution in [2.24, 2.45) is 17.1 Å². The molecule has 12 heavy (non-hydrogen) atoms. The number of rotatable bonds is 3. The van der Waals surface area contributed by atoms with Gasteiger partial charge in [0.05, 0.1) is 5.41 Å². The van der Waals surface area contributed by atoms with Crippen LogP contribution in [-0.4, -0.2) is 17.1 Å². The molecule has 0 bridgehead atoms. The van der Waals surface area contributed by atoms with Gasteiger partial charge in [-0.15, -0.1) is 0 Å². The van der Waals surface area contributed by atoms with Crippen molar-refractivity contribution in [3.8, 4) is 0 Å². The maximum Gasteiger partial charge on any atom is 0.310 e. The first kappa shape index (κ1) is 9.52. The molecule has 3 heteroatoms. The van der Waals surface area contributed by atoms with Gasteiger partial charge in [-0.2, -0.15) is 0 Å². The number of hydrogen-bond donors (Lipinski definition) is 2. The van der Waals surface area contributed by atoms with Crippen molar-refractivity contribution in [2.75, 3.05) is 0 Å². The molecule has 3 N–H and O–H groups in total. The number of aliphatic carboxylic acids is 1. The summed E-state index contributed by atoms with van der Waals surface area (Å²) in [5.41, 5.74) is 5.12. The van der Waals surface area contributed by atoms with E-state index in [1.807, 2.05) is 13.8 Å². The summed E-state index contributed by atoms with van der Waals surface area (Å²) in [7, 11) is 0. The summed E-state index contributed by atoms with van der Waals surface area (Å²) in [6.45, 7) is 4.03. The zero-order valence-electron chi connectivity index (χ0n) is 7.71. The number of carboxylic acids is 1. The molecule has 0 aromatic rings. The first-order valence-corrected chi connectivity index (χ1v) is 4.52. The zero-order valence-corrected chi connectivity index (χ0v) is 7.71. The molecular formula is C9H17NO2. The van der Waals surface area contributed by atoms with Crippen LogP contribution in [0, 0.1) is 11.3 Å². The van der Waals surface area contributed by atoms with Crippen LogP contribution in [0.2, 0.25) is 0 Å². The third-order valence-corrected chi connectivity index (χ3v) is 3.23. The normalized spacial score (nSPS) is 37.1. The van der Waals surface area contributed by atoms with Crippen LogP contribution in [0.4, 0.5) is 0 Å². The van der Waals surface area contributed by atoms with E-state index in [2.05, 4.69) is 0 Å². The summed E-state index contributed by atoms with van der Waals surface area (Å²) >= 11 is 0. The second-order valence-corrected chi connectivity index (χ2v) is 3.94. The molecule has 0 amide bonds. The van der Waals surface area contributed by atoms with Crippen LogP contribution in [0.15, 0.2) is 0 Å². The van der Waals surface area contributed by atoms with Gasteiger partial charge in [0.15, 0.2) is 0 Å². The van der Waals surface area contributed by atoms with Gasteiger partial charge in [0.1, 0.15) is 0 Å². The van der Waals surface area contributed by atoms with E-state index in [9.17, 15) is 4.79 Å². The Bertz CT molecular complexity index is 185. The average molecular weight is 171 g/mol. The molecule has 1 atom stereocenters. The van der Waals surface area contributed by atoms with Gasteiger partial charge in [-0.05, 0) is 18.8 Å². The second kappa shape index (κ2) is 3.05. The van der Waals surface area contributed by atoms with Crippen molar-refractivity contribution >= 4 is 5.97 Å². The van der Waals surface area contributed by atoms with Crippen LogP contribution in [0.3, 0.4) is 0 Å². The van der Waals surface area contributed by atoms with Crippen LogP contribution < -0.4 is 5.73 Å². The first-order valence-electron chi connectivity index (χ1n) is 4.52. The highest BCUT2D eigenvalue weighted by Crippen LogP contribution is 2.47. The van der Waals surface area contributed by atoms with E-state index < -0.39 is 11.4 Å². The Morgan fingerprint density at radius 2 is 2.25 bits per heavy atom. The Morgan fingerprint density at radius 3 is 2.50 bits per heavy atom. The van der Waals surface area contributed by atoms with Gasteiger partial charge in [-0.3, -0.25) is 4.79 Å². The van der Waals surface area contributed by atoms with Gasteiger partial charge in [0.2, 0.25) is 0 Å². The average Bonchev–Trinajstić information content (AvgIpc) is 1.96. The fourth-order valence-corrected chi connectivity index (χ4v) is 2.05. The molecule has 0 aliphatic heterocycles. The third kappa shape index (κ3) is 1.22. The molecule has 0 aromatic heterocycles. The molecule has 1 aliphatic rings. The fourth-order valence-electron chi connectivity index (χ4n) is 2.05. The summed E-state index contributed by atoms with van der Waals surface area (Å²) in [6.07, 6.45) is 2.22. The highest BCUT2D eigenvalue weighted by atomic mass is 16.4. The predicted molar refractivity (Wildman–Crippen MR) is 46.7 cm³/mol. The molecule has 70 valence electrons. The Kier molecular flexibility index (Phi) is 2.42. The summed E-state index contributed by atoms with van der Waals surface area (Å²) in [6, 6.07) is 0.107. The second-order valence-electron chi connectivity index (χ2n) is 3.94. The van der Waals surface area contributed by atoms with E-state index in [-0.39, 0.29) is 12.0 Å². The van der Waals surface area contributed by atoms with Gasteiger partial charge < -0.3 is 10.8 Å². The first-order chi connectivity index (χ1) is 5.53. The molecule has 0 spiro atoms. The van der Waals surface area contributed by atoms with Crippen LogP contribution in [0.1, 0.15) is 33.1 Å². The van der Waals surface area contributed by atoms with Crippen molar-refractivity contribution in [3.05, 3.63) is 0 Å². The lowest BCUT2D eigenvalue weighted by Gasteiger charge is -2.46. The summed E-state index contributed by atoms with van der Waals surface area (Å²) < 4.78 is 0. The molecule has 1 saturated carbocycles. The monoisotopic (exact) mass is 171 g/mol. The number of carboxylic acid groups (broad SMARTS) is 1. The highest BCUT2D eigenvalue weighted by molar-refractivity contribution is 5.76. The van der Waals surface area contributed by atoms with Crippen LogP contribution >= 0.6 is 0 Å². The Hall–Kier alpha value is -0.570. The largest absolute Gasteiger partial charge is 0.481 e. The zero-order chi connectivity index (χ0) is 9.35. The topological polar surface area (TPSA) is 63.3 Å². The van der Waals surface area contributed by atoms with Gasteiger partial charge in [0, 0.05) is 6.04 Å². The van der Waals surface area contributed by atoms with E-state index >= 15 is 0 Å². The summed E-state index contributed by atoms with van der Waals surface area (Å²) in [5, 5.41) is 9.05. The molecular weight excluding hydrogens is 154 g/mol. The minimum absolute atomic E-state index is 0.107. The fraction of sp³-hybridized carbons (Fsp3) is 0.889. The van der Waals surface area contributed by atoms with Crippen LogP contribution in [-0.2, 0) is 4.79 Å². The van der Waals surface area contributed by atoms with Crippen molar-refractivity contribution in [2.45, 2.75) is 39.2 Å². The molecule has 0 heterocycles. The van der Waals surface area contributed by atoms with Crippen LogP contribution in [0.25, 0.3) is 0 Å². The lowest BCUT2D eigenvalue weighted by molar-refractivity contribution is -0.160. The van der Waals surface area contributed by atoms with Crippen molar-refractivity contribution in [1.29, 1.82) is 0 Å². The highest BCUT2D eigenvalue weighted by Gasteiger charge is 2.51. The molecule has 1 aliphatic carbocycles.